The number of carboxylic acids is 1. The van der Waals surface area contributed by atoms with E-state index >= 15 is 0 Å². The summed E-state index contributed by atoms with van der Waals surface area (Å²) in [7, 11) is 0. The second kappa shape index (κ2) is 9.73. The van der Waals surface area contributed by atoms with Crippen LogP contribution in [-0.2, 0) is 9.53 Å². The van der Waals surface area contributed by atoms with Gasteiger partial charge < -0.3 is 19.0 Å². The smallest absolute Gasteiger partial charge is 0.387 e. The molecule has 0 aliphatic heterocycles. The number of benzene rings is 1. The number of rotatable bonds is 8. The number of imidazole rings is 1. The molecule has 1 aromatic carbocycles. The molecule has 0 amide bonds. The van der Waals surface area contributed by atoms with Gasteiger partial charge in [-0.1, -0.05) is 0 Å². The number of hydrogen-bond donors (Lipinski definition) is 1. The monoisotopic (exact) mass is 536 g/mol. The van der Waals surface area contributed by atoms with Crippen molar-refractivity contribution in [2.75, 3.05) is 6.61 Å². The maximum absolute atomic E-state index is 14.1. The molecule has 1 atom stereocenters. The van der Waals surface area contributed by atoms with Crippen LogP contribution in [0.2, 0.25) is 0 Å². The molecule has 0 bridgehead atoms. The van der Waals surface area contributed by atoms with Crippen molar-refractivity contribution in [3.8, 4) is 5.75 Å². The topological polar surface area (TPSA) is 90.1 Å². The molecule has 0 aliphatic rings. The fourth-order valence-corrected chi connectivity index (χ4v) is 3.60. The third-order valence-corrected chi connectivity index (χ3v) is 5.11. The first-order chi connectivity index (χ1) is 15.5. The molecule has 7 nitrogen and oxygen atoms in total. The van der Waals surface area contributed by atoms with Gasteiger partial charge in [0.2, 0.25) is 0 Å². The third-order valence-electron chi connectivity index (χ3n) is 4.52. The molecule has 0 radical (unpaired) electrons. The summed E-state index contributed by atoms with van der Waals surface area (Å²) in [5.41, 5.74) is -1.35. The van der Waals surface area contributed by atoms with E-state index in [0.29, 0.717) is 12.1 Å². The Morgan fingerprint density at radius 1 is 1.15 bits per heavy atom. The van der Waals surface area contributed by atoms with Crippen LogP contribution in [0.4, 0.5) is 22.0 Å². The molecule has 2 aromatic heterocycles. The van der Waals surface area contributed by atoms with E-state index in [9.17, 15) is 36.6 Å². The summed E-state index contributed by atoms with van der Waals surface area (Å²) in [5, 5.41) is 9.47. The van der Waals surface area contributed by atoms with Gasteiger partial charge in [-0.2, -0.15) is 8.78 Å². The molecule has 13 heteroatoms. The van der Waals surface area contributed by atoms with Crippen LogP contribution in [0.1, 0.15) is 41.0 Å². The first kappa shape index (κ1) is 24.4. The van der Waals surface area contributed by atoms with Gasteiger partial charge >= 0.3 is 18.6 Å². The van der Waals surface area contributed by atoms with Crippen molar-refractivity contribution in [2.45, 2.75) is 25.9 Å². The number of ether oxygens (including phenoxy) is 2. The van der Waals surface area contributed by atoms with Gasteiger partial charge in [0.05, 0.1) is 23.2 Å². The number of carbonyl (C=O) groups is 2. The van der Waals surface area contributed by atoms with Crippen LogP contribution in [-0.4, -0.2) is 39.6 Å². The SMILES string of the molecule is CCOC(=O)c1nc2cc(F)c(Br)cn2c1C(CC(=O)O)c1cc(F)c(F)cc1OC(F)F. The number of fused-ring (bicyclic) bond motifs is 1. The minimum Gasteiger partial charge on any atom is -0.481 e. The van der Waals surface area contributed by atoms with Crippen molar-refractivity contribution in [3.05, 3.63) is 63.3 Å². The second-order valence-corrected chi connectivity index (χ2v) is 7.45. The lowest BCUT2D eigenvalue weighted by atomic mass is 9.90. The molecule has 1 N–H and O–H groups in total. The maximum atomic E-state index is 14.1. The van der Waals surface area contributed by atoms with Gasteiger partial charge in [-0.3, -0.25) is 4.79 Å². The number of esters is 1. The van der Waals surface area contributed by atoms with Gasteiger partial charge in [0.15, 0.2) is 17.3 Å². The van der Waals surface area contributed by atoms with E-state index in [0.717, 1.165) is 16.7 Å². The van der Waals surface area contributed by atoms with Crippen LogP contribution in [0.15, 0.2) is 28.9 Å². The Morgan fingerprint density at radius 2 is 1.82 bits per heavy atom. The lowest BCUT2D eigenvalue weighted by Crippen LogP contribution is -2.18. The van der Waals surface area contributed by atoms with E-state index in [4.69, 9.17) is 4.74 Å². The van der Waals surface area contributed by atoms with Gasteiger partial charge in [-0.15, -0.1) is 0 Å². The number of carboxylic acid groups (broad SMARTS) is 1. The number of alkyl halides is 2. The Balaban J connectivity index is 2.38. The number of carbonyl (C=O) groups excluding carboxylic acids is 1. The largest absolute Gasteiger partial charge is 0.481 e. The zero-order valence-corrected chi connectivity index (χ0v) is 18.2. The standard InChI is InChI=1S/C20H14BrF5N2O5/c1-2-32-19(31)17-18(28-7-10(21)11(22)6-15(28)27-17)9(4-16(29)30)8-3-12(23)13(24)5-14(8)33-20(25)26/h3,5-7,9,20H,2,4H2,1H3,(H,29,30). The summed E-state index contributed by atoms with van der Waals surface area (Å²) in [5.74, 6) is -8.66. The van der Waals surface area contributed by atoms with E-state index in [-0.39, 0.29) is 22.4 Å². The van der Waals surface area contributed by atoms with Crippen molar-refractivity contribution < 1.29 is 46.1 Å². The fraction of sp³-hybridized carbons (Fsp3) is 0.250. The fourth-order valence-electron chi connectivity index (χ4n) is 3.28. The normalized spacial score (nSPS) is 12.2. The van der Waals surface area contributed by atoms with Crippen molar-refractivity contribution >= 4 is 33.5 Å². The minimum absolute atomic E-state index is 0.0985. The van der Waals surface area contributed by atoms with Crippen LogP contribution in [0.5, 0.6) is 5.75 Å². The van der Waals surface area contributed by atoms with Crippen LogP contribution in [0, 0.1) is 17.5 Å². The predicted molar refractivity (Wildman–Crippen MR) is 106 cm³/mol. The van der Waals surface area contributed by atoms with Crippen LogP contribution >= 0.6 is 15.9 Å². The van der Waals surface area contributed by atoms with Crippen molar-refractivity contribution in [2.24, 2.45) is 0 Å². The zero-order valence-electron chi connectivity index (χ0n) is 16.6. The summed E-state index contributed by atoms with van der Waals surface area (Å²) in [6.07, 6.45) is 0.248. The van der Waals surface area contributed by atoms with Gasteiger partial charge in [0.25, 0.3) is 0 Å². The Bertz CT molecular complexity index is 1230. The summed E-state index contributed by atoms with van der Waals surface area (Å²) in [6, 6.07) is 1.76. The lowest BCUT2D eigenvalue weighted by Gasteiger charge is -2.20. The molecular weight excluding hydrogens is 523 g/mol. The Kier molecular flexibility index (Phi) is 7.20. The summed E-state index contributed by atoms with van der Waals surface area (Å²) in [6.45, 7) is -2.06. The van der Waals surface area contributed by atoms with Crippen molar-refractivity contribution in [1.29, 1.82) is 0 Å². The Hall–Kier alpha value is -3.22. The maximum Gasteiger partial charge on any atom is 0.387 e. The first-order valence-electron chi connectivity index (χ1n) is 9.23. The molecule has 0 spiro atoms. The number of pyridine rings is 1. The molecule has 0 fully saturated rings. The van der Waals surface area contributed by atoms with E-state index < -0.39 is 65.3 Å². The van der Waals surface area contributed by atoms with E-state index in [1.54, 1.807) is 0 Å². The van der Waals surface area contributed by atoms with Crippen molar-refractivity contribution in [3.63, 3.8) is 0 Å². The molecule has 176 valence electrons. The molecule has 2 heterocycles. The Labute approximate surface area is 190 Å². The lowest BCUT2D eigenvalue weighted by molar-refractivity contribution is -0.137. The highest BCUT2D eigenvalue weighted by molar-refractivity contribution is 9.10. The number of aromatic nitrogens is 2. The van der Waals surface area contributed by atoms with E-state index in [1.165, 1.54) is 6.92 Å². The highest BCUT2D eigenvalue weighted by Crippen LogP contribution is 2.39. The first-order valence-corrected chi connectivity index (χ1v) is 10.0. The van der Waals surface area contributed by atoms with Gasteiger partial charge in [-0.05, 0) is 28.9 Å². The number of aliphatic carboxylic acids is 1. The molecule has 1 unspecified atom stereocenters. The average Bonchev–Trinajstić information content (AvgIpc) is 3.07. The molecule has 0 saturated heterocycles. The van der Waals surface area contributed by atoms with E-state index in [2.05, 4.69) is 25.7 Å². The molecule has 0 saturated carbocycles. The van der Waals surface area contributed by atoms with Crippen LogP contribution in [0.3, 0.4) is 0 Å². The Morgan fingerprint density at radius 3 is 2.42 bits per heavy atom. The average molecular weight is 537 g/mol. The highest BCUT2D eigenvalue weighted by Gasteiger charge is 2.33. The summed E-state index contributed by atoms with van der Waals surface area (Å²) >= 11 is 2.96. The highest BCUT2D eigenvalue weighted by atomic mass is 79.9. The number of nitrogens with zero attached hydrogens (tertiary/aromatic N) is 2. The van der Waals surface area contributed by atoms with Crippen LogP contribution < -0.4 is 4.74 Å². The predicted octanol–water partition coefficient (Wildman–Crippen LogP) is 4.90. The van der Waals surface area contributed by atoms with Gasteiger partial charge in [0, 0.05) is 29.8 Å². The number of hydrogen-bond acceptors (Lipinski definition) is 5. The van der Waals surface area contributed by atoms with Crippen molar-refractivity contribution in [1.82, 2.24) is 9.38 Å². The summed E-state index contributed by atoms with van der Waals surface area (Å²) in [4.78, 5) is 28.2. The molecule has 33 heavy (non-hydrogen) atoms. The molecular formula is C20H14BrF5N2O5. The molecule has 3 aromatic rings. The van der Waals surface area contributed by atoms with Crippen LogP contribution in [0.25, 0.3) is 5.65 Å². The van der Waals surface area contributed by atoms with Gasteiger partial charge in [0.1, 0.15) is 17.2 Å². The van der Waals surface area contributed by atoms with E-state index in [1.807, 2.05) is 0 Å². The second-order valence-electron chi connectivity index (χ2n) is 6.60. The quantitative estimate of drug-likeness (QED) is 0.325. The zero-order chi connectivity index (χ0) is 24.4. The molecule has 3 rings (SSSR count). The van der Waals surface area contributed by atoms with Gasteiger partial charge in [-0.25, -0.2) is 22.9 Å². The minimum atomic E-state index is -3.45. The summed E-state index contributed by atoms with van der Waals surface area (Å²) < 4.78 is 78.1. The third kappa shape index (κ3) is 5.07. The molecule has 0 aliphatic carbocycles. The number of halogens is 6.